The average molecular weight is 349 g/mol. The molecule has 0 amide bonds. The van der Waals surface area contributed by atoms with Crippen molar-refractivity contribution in [2.45, 2.75) is 49.9 Å². The van der Waals surface area contributed by atoms with E-state index in [2.05, 4.69) is 17.0 Å². The first-order valence-electron chi connectivity index (χ1n) is 7.43. The number of hydrogen-bond acceptors (Lipinski definition) is 5. The summed E-state index contributed by atoms with van der Waals surface area (Å²) in [5, 5.41) is 3.33. The molecule has 0 aliphatic carbocycles. The lowest BCUT2D eigenvalue weighted by molar-refractivity contribution is 0.530. The van der Waals surface area contributed by atoms with Gasteiger partial charge in [0.2, 0.25) is 10.0 Å². The lowest BCUT2D eigenvalue weighted by atomic mass is 10.2. The van der Waals surface area contributed by atoms with Crippen LogP contribution in [0.3, 0.4) is 0 Å². The summed E-state index contributed by atoms with van der Waals surface area (Å²) in [6.07, 6.45) is 2.94. The number of sulfonamides is 1. The summed E-state index contributed by atoms with van der Waals surface area (Å²) in [5.74, 6) is 2.09. The largest absolute Gasteiger partial charge is 0.312 e. The molecule has 0 unspecified atom stereocenters. The topological polar surface area (TPSA) is 58.2 Å². The number of thiophene rings is 1. The molecular weight excluding hydrogens is 324 g/mol. The van der Waals surface area contributed by atoms with E-state index in [9.17, 15) is 8.42 Å². The van der Waals surface area contributed by atoms with Crippen LogP contribution in [0.2, 0.25) is 0 Å². The maximum absolute atomic E-state index is 12.5. The van der Waals surface area contributed by atoms with Crippen molar-refractivity contribution in [3.05, 3.63) is 16.5 Å². The van der Waals surface area contributed by atoms with E-state index in [1.54, 1.807) is 6.07 Å². The van der Waals surface area contributed by atoms with Gasteiger partial charge in [0.15, 0.2) is 0 Å². The van der Waals surface area contributed by atoms with E-state index in [1.165, 1.54) is 11.3 Å². The van der Waals surface area contributed by atoms with Gasteiger partial charge in [0.1, 0.15) is 4.21 Å². The minimum Gasteiger partial charge on any atom is -0.312 e. The maximum Gasteiger partial charge on any atom is 0.250 e. The fourth-order valence-corrected chi connectivity index (χ4v) is 6.25. The van der Waals surface area contributed by atoms with Crippen LogP contribution in [0, 0.1) is 6.92 Å². The zero-order valence-electron chi connectivity index (χ0n) is 12.6. The Bertz CT molecular complexity index is 549. The second kappa shape index (κ2) is 7.97. The van der Waals surface area contributed by atoms with Crippen LogP contribution in [-0.4, -0.2) is 32.5 Å². The SMILES string of the molecule is CCCNCc1sc(S(=O)(=O)NC2CCSCC2)cc1C. The first kappa shape index (κ1) is 17.3. The first-order chi connectivity index (χ1) is 10.0. The number of hydrogen-bond donors (Lipinski definition) is 2. The molecular formula is C14H24N2O2S3. The molecule has 2 N–H and O–H groups in total. The van der Waals surface area contributed by atoms with Gasteiger partial charge in [0, 0.05) is 17.5 Å². The second-order valence-electron chi connectivity index (χ2n) is 5.36. The second-order valence-corrected chi connectivity index (χ2v) is 9.66. The predicted octanol–water partition coefficient (Wildman–Crippen LogP) is 2.73. The maximum atomic E-state index is 12.5. The minimum absolute atomic E-state index is 0.0975. The van der Waals surface area contributed by atoms with E-state index in [4.69, 9.17) is 0 Å². The molecule has 0 bridgehead atoms. The minimum atomic E-state index is -3.36. The number of nitrogens with one attached hydrogen (secondary N) is 2. The zero-order chi connectivity index (χ0) is 15.3. The van der Waals surface area contributed by atoms with Gasteiger partial charge in [-0.2, -0.15) is 11.8 Å². The Morgan fingerprint density at radius 1 is 1.33 bits per heavy atom. The number of rotatable bonds is 7. The highest BCUT2D eigenvalue weighted by atomic mass is 32.2. The fraction of sp³-hybridized carbons (Fsp3) is 0.714. The molecule has 0 atom stereocenters. The smallest absolute Gasteiger partial charge is 0.250 e. The van der Waals surface area contributed by atoms with Crippen LogP contribution in [0.1, 0.15) is 36.6 Å². The zero-order valence-corrected chi connectivity index (χ0v) is 15.1. The summed E-state index contributed by atoms with van der Waals surface area (Å²) in [4.78, 5) is 1.11. The molecule has 1 aliphatic rings. The molecule has 0 spiro atoms. The van der Waals surface area contributed by atoms with Crippen LogP contribution in [0.25, 0.3) is 0 Å². The monoisotopic (exact) mass is 348 g/mol. The van der Waals surface area contributed by atoms with Gasteiger partial charge in [0.25, 0.3) is 0 Å². The molecule has 0 aromatic carbocycles. The molecule has 2 heterocycles. The van der Waals surface area contributed by atoms with Gasteiger partial charge in [-0.15, -0.1) is 11.3 Å². The van der Waals surface area contributed by atoms with E-state index in [0.717, 1.165) is 54.3 Å². The van der Waals surface area contributed by atoms with Crippen molar-refractivity contribution in [1.82, 2.24) is 10.0 Å². The van der Waals surface area contributed by atoms with Crippen molar-refractivity contribution in [3.8, 4) is 0 Å². The van der Waals surface area contributed by atoms with Gasteiger partial charge in [-0.05, 0) is 55.9 Å². The molecule has 0 radical (unpaired) electrons. The van der Waals surface area contributed by atoms with E-state index in [-0.39, 0.29) is 6.04 Å². The Morgan fingerprint density at radius 2 is 2.05 bits per heavy atom. The molecule has 1 saturated heterocycles. The van der Waals surface area contributed by atoms with Crippen molar-refractivity contribution in [1.29, 1.82) is 0 Å². The highest BCUT2D eigenvalue weighted by Gasteiger charge is 2.24. The molecule has 4 nitrogen and oxygen atoms in total. The van der Waals surface area contributed by atoms with Gasteiger partial charge >= 0.3 is 0 Å². The van der Waals surface area contributed by atoms with Crippen LogP contribution in [-0.2, 0) is 16.6 Å². The molecule has 1 fully saturated rings. The van der Waals surface area contributed by atoms with E-state index < -0.39 is 10.0 Å². The Labute approximate surface area is 136 Å². The van der Waals surface area contributed by atoms with Gasteiger partial charge in [0.05, 0.1) is 0 Å². The molecule has 0 saturated carbocycles. The van der Waals surface area contributed by atoms with E-state index >= 15 is 0 Å². The Hall–Kier alpha value is -0.0800. The average Bonchev–Trinajstić information content (AvgIpc) is 2.82. The highest BCUT2D eigenvalue weighted by molar-refractivity contribution is 7.99. The van der Waals surface area contributed by atoms with Crippen molar-refractivity contribution in [3.63, 3.8) is 0 Å². The van der Waals surface area contributed by atoms with Gasteiger partial charge < -0.3 is 5.32 Å². The molecule has 2 rings (SSSR count). The summed E-state index contributed by atoms with van der Waals surface area (Å²) in [6, 6.07) is 1.90. The molecule has 21 heavy (non-hydrogen) atoms. The Balaban J connectivity index is 2.03. The quantitative estimate of drug-likeness (QED) is 0.744. The number of thioether (sulfide) groups is 1. The third kappa shape index (κ3) is 4.96. The first-order valence-corrected chi connectivity index (χ1v) is 10.9. The van der Waals surface area contributed by atoms with Crippen molar-refractivity contribution in [2.75, 3.05) is 18.1 Å². The Kier molecular flexibility index (Phi) is 6.55. The standard InChI is InChI=1S/C14H24N2O2S3/c1-3-6-15-10-13-11(2)9-14(20-13)21(17,18)16-12-4-7-19-8-5-12/h9,12,15-16H,3-8,10H2,1-2H3. The van der Waals surface area contributed by atoms with Crippen molar-refractivity contribution in [2.24, 2.45) is 0 Å². The third-order valence-electron chi connectivity index (χ3n) is 3.52. The van der Waals surface area contributed by atoms with Crippen LogP contribution < -0.4 is 10.0 Å². The fourth-order valence-electron chi connectivity index (χ4n) is 2.27. The summed E-state index contributed by atoms with van der Waals surface area (Å²) in [7, 11) is -3.36. The van der Waals surface area contributed by atoms with Crippen LogP contribution in [0.15, 0.2) is 10.3 Å². The van der Waals surface area contributed by atoms with Crippen molar-refractivity contribution >= 4 is 33.1 Å². The summed E-state index contributed by atoms with van der Waals surface area (Å²) in [6.45, 7) is 5.81. The molecule has 1 aromatic rings. The molecule has 120 valence electrons. The van der Waals surface area contributed by atoms with E-state index in [1.807, 2.05) is 18.7 Å². The van der Waals surface area contributed by atoms with E-state index in [0.29, 0.717) is 4.21 Å². The predicted molar refractivity (Wildman–Crippen MR) is 91.7 cm³/mol. The summed E-state index contributed by atoms with van der Waals surface area (Å²) >= 11 is 3.29. The lowest BCUT2D eigenvalue weighted by Gasteiger charge is -2.21. The number of aryl methyl sites for hydroxylation is 1. The summed E-state index contributed by atoms with van der Waals surface area (Å²) in [5.41, 5.74) is 1.06. The van der Waals surface area contributed by atoms with Crippen LogP contribution in [0.5, 0.6) is 0 Å². The van der Waals surface area contributed by atoms with Gasteiger partial charge in [-0.3, -0.25) is 0 Å². The Morgan fingerprint density at radius 3 is 2.71 bits per heavy atom. The molecule has 1 aliphatic heterocycles. The van der Waals surface area contributed by atoms with Crippen molar-refractivity contribution < 1.29 is 8.42 Å². The van der Waals surface area contributed by atoms with Crippen LogP contribution >= 0.6 is 23.1 Å². The normalized spacial score (nSPS) is 17.2. The lowest BCUT2D eigenvalue weighted by Crippen LogP contribution is -2.36. The van der Waals surface area contributed by atoms with Crippen LogP contribution in [0.4, 0.5) is 0 Å². The molecule has 1 aromatic heterocycles. The van der Waals surface area contributed by atoms with Gasteiger partial charge in [-0.25, -0.2) is 13.1 Å². The molecule has 7 heteroatoms. The highest BCUT2D eigenvalue weighted by Crippen LogP contribution is 2.27. The van der Waals surface area contributed by atoms with Gasteiger partial charge in [-0.1, -0.05) is 6.92 Å². The third-order valence-corrected chi connectivity index (χ3v) is 7.80. The summed E-state index contributed by atoms with van der Waals surface area (Å²) < 4.78 is 28.3.